The van der Waals surface area contributed by atoms with Crippen LogP contribution in [0, 0.1) is 20.8 Å². The standard InChI is InChI=1S/C19H18N6OS/c1-11-9-12(2)21-19(20-11)23-22-17(26)16-10-15-13(3)24-25(18(15)27-16)14-7-5-4-6-8-14/h4-10H,1-3H3,(H,22,26)(H,20,21,23). The summed E-state index contributed by atoms with van der Waals surface area (Å²) in [4.78, 5) is 22.6. The Morgan fingerprint density at radius 3 is 2.44 bits per heavy atom. The molecule has 0 saturated heterocycles. The van der Waals surface area contributed by atoms with Crippen molar-refractivity contribution in [3.63, 3.8) is 0 Å². The topological polar surface area (TPSA) is 84.7 Å². The Hall–Kier alpha value is -3.26. The molecule has 3 aromatic heterocycles. The molecule has 0 unspecified atom stereocenters. The second-order valence-electron chi connectivity index (χ2n) is 6.22. The molecule has 4 rings (SSSR count). The van der Waals surface area contributed by atoms with Gasteiger partial charge in [-0.1, -0.05) is 18.2 Å². The van der Waals surface area contributed by atoms with Gasteiger partial charge in [0, 0.05) is 16.8 Å². The number of hydrogen-bond acceptors (Lipinski definition) is 6. The minimum atomic E-state index is -0.238. The second kappa shape index (κ2) is 6.81. The fourth-order valence-corrected chi connectivity index (χ4v) is 3.94. The molecular weight excluding hydrogens is 360 g/mol. The zero-order valence-corrected chi connectivity index (χ0v) is 16.0. The van der Waals surface area contributed by atoms with Crippen LogP contribution in [0.25, 0.3) is 15.9 Å². The lowest BCUT2D eigenvalue weighted by molar-refractivity contribution is 0.0966. The van der Waals surface area contributed by atoms with E-state index in [9.17, 15) is 4.79 Å². The molecule has 3 heterocycles. The van der Waals surface area contributed by atoms with Gasteiger partial charge < -0.3 is 0 Å². The highest BCUT2D eigenvalue weighted by atomic mass is 32.1. The first kappa shape index (κ1) is 17.2. The summed E-state index contributed by atoms with van der Waals surface area (Å²) in [7, 11) is 0. The Balaban J connectivity index is 1.59. The Morgan fingerprint density at radius 2 is 1.74 bits per heavy atom. The molecule has 27 heavy (non-hydrogen) atoms. The zero-order valence-electron chi connectivity index (χ0n) is 15.1. The van der Waals surface area contributed by atoms with Crippen molar-refractivity contribution in [1.29, 1.82) is 0 Å². The maximum atomic E-state index is 12.6. The van der Waals surface area contributed by atoms with Crippen molar-refractivity contribution in [3.8, 4) is 5.69 Å². The monoisotopic (exact) mass is 378 g/mol. The van der Waals surface area contributed by atoms with Crippen molar-refractivity contribution in [2.24, 2.45) is 0 Å². The minimum Gasteiger partial charge on any atom is -0.266 e. The second-order valence-corrected chi connectivity index (χ2v) is 7.25. The molecule has 0 aliphatic heterocycles. The third-order valence-electron chi connectivity index (χ3n) is 4.04. The number of hydrogen-bond donors (Lipinski definition) is 2. The molecule has 2 N–H and O–H groups in total. The van der Waals surface area contributed by atoms with Crippen LogP contribution >= 0.6 is 11.3 Å². The Labute approximate surface area is 160 Å². The maximum absolute atomic E-state index is 12.6. The molecule has 8 heteroatoms. The number of anilines is 1. The molecule has 0 atom stereocenters. The van der Waals surface area contributed by atoms with E-state index in [0.29, 0.717) is 10.8 Å². The van der Waals surface area contributed by atoms with Crippen molar-refractivity contribution < 1.29 is 4.79 Å². The van der Waals surface area contributed by atoms with E-state index in [4.69, 9.17) is 0 Å². The van der Waals surface area contributed by atoms with Crippen LogP contribution < -0.4 is 10.9 Å². The largest absolute Gasteiger partial charge is 0.279 e. The Kier molecular flexibility index (Phi) is 4.33. The molecule has 136 valence electrons. The van der Waals surface area contributed by atoms with E-state index in [1.807, 2.05) is 67.9 Å². The van der Waals surface area contributed by atoms with Crippen molar-refractivity contribution in [2.45, 2.75) is 20.8 Å². The fourth-order valence-electron chi connectivity index (χ4n) is 2.86. The number of nitrogens with zero attached hydrogens (tertiary/aromatic N) is 4. The van der Waals surface area contributed by atoms with Gasteiger partial charge in [0.2, 0.25) is 5.95 Å². The number of aryl methyl sites for hydroxylation is 3. The van der Waals surface area contributed by atoms with Gasteiger partial charge >= 0.3 is 0 Å². The zero-order chi connectivity index (χ0) is 19.0. The number of rotatable bonds is 4. The third kappa shape index (κ3) is 3.39. The molecule has 4 aromatic rings. The highest BCUT2D eigenvalue weighted by Gasteiger charge is 2.17. The summed E-state index contributed by atoms with van der Waals surface area (Å²) in [6.45, 7) is 5.70. The van der Waals surface area contributed by atoms with Crippen LogP contribution in [-0.4, -0.2) is 25.7 Å². The lowest BCUT2D eigenvalue weighted by Crippen LogP contribution is -2.29. The van der Waals surface area contributed by atoms with Gasteiger partial charge in [0.05, 0.1) is 16.3 Å². The van der Waals surface area contributed by atoms with Gasteiger partial charge in [-0.3, -0.25) is 15.6 Å². The lowest BCUT2D eigenvalue weighted by Gasteiger charge is -2.07. The predicted molar refractivity (Wildman–Crippen MR) is 106 cm³/mol. The number of amides is 1. The number of nitrogens with one attached hydrogen (secondary N) is 2. The molecular formula is C19H18N6OS. The highest BCUT2D eigenvalue weighted by Crippen LogP contribution is 2.30. The van der Waals surface area contributed by atoms with Gasteiger partial charge in [-0.25, -0.2) is 14.6 Å². The smallest absolute Gasteiger partial charge is 0.266 e. The first-order valence-corrected chi connectivity index (χ1v) is 9.26. The Morgan fingerprint density at radius 1 is 1.04 bits per heavy atom. The lowest BCUT2D eigenvalue weighted by atomic mass is 10.3. The third-order valence-corrected chi connectivity index (χ3v) is 5.15. The summed E-state index contributed by atoms with van der Waals surface area (Å²) < 4.78 is 1.87. The van der Waals surface area contributed by atoms with Gasteiger partial charge in [0.25, 0.3) is 5.91 Å². The summed E-state index contributed by atoms with van der Waals surface area (Å²) >= 11 is 1.40. The van der Waals surface area contributed by atoms with E-state index in [1.165, 1.54) is 11.3 Å². The van der Waals surface area contributed by atoms with Crippen LogP contribution in [0.3, 0.4) is 0 Å². The van der Waals surface area contributed by atoms with Crippen LogP contribution in [0.2, 0.25) is 0 Å². The number of thiophene rings is 1. The molecule has 1 amide bonds. The van der Waals surface area contributed by atoms with E-state index < -0.39 is 0 Å². The van der Waals surface area contributed by atoms with Crippen LogP contribution in [0.4, 0.5) is 5.95 Å². The summed E-state index contributed by atoms with van der Waals surface area (Å²) in [5, 5.41) is 5.56. The first-order chi connectivity index (χ1) is 13.0. The molecule has 0 aliphatic carbocycles. The summed E-state index contributed by atoms with van der Waals surface area (Å²) in [6, 6.07) is 13.6. The van der Waals surface area contributed by atoms with Gasteiger partial charge in [-0.2, -0.15) is 5.10 Å². The normalized spacial score (nSPS) is 10.9. The number of carbonyl (C=O) groups excluding carboxylic acids is 1. The van der Waals surface area contributed by atoms with Gasteiger partial charge in [-0.15, -0.1) is 11.3 Å². The fraction of sp³-hybridized carbons (Fsp3) is 0.158. The maximum Gasteiger partial charge on any atom is 0.279 e. The number of hydrazine groups is 1. The van der Waals surface area contributed by atoms with Crippen molar-refractivity contribution >= 4 is 33.4 Å². The van der Waals surface area contributed by atoms with E-state index in [1.54, 1.807) is 0 Å². The molecule has 0 saturated carbocycles. The van der Waals surface area contributed by atoms with Crippen molar-refractivity contribution in [1.82, 2.24) is 25.2 Å². The number of carbonyl (C=O) groups is 1. The number of benzene rings is 1. The van der Waals surface area contributed by atoms with Crippen molar-refractivity contribution in [3.05, 3.63) is 64.4 Å². The van der Waals surface area contributed by atoms with E-state index in [2.05, 4.69) is 25.9 Å². The predicted octanol–water partition coefficient (Wildman–Crippen LogP) is 3.56. The quantitative estimate of drug-likeness (QED) is 0.531. The molecule has 1 aromatic carbocycles. The molecule has 0 bridgehead atoms. The summed E-state index contributed by atoms with van der Waals surface area (Å²) in [6.07, 6.45) is 0. The van der Waals surface area contributed by atoms with Crippen LogP contribution in [-0.2, 0) is 0 Å². The van der Waals surface area contributed by atoms with Gasteiger partial charge in [0.15, 0.2) is 0 Å². The number of para-hydroxylation sites is 1. The summed E-state index contributed by atoms with van der Waals surface area (Å²) in [5.74, 6) is 0.131. The van der Waals surface area contributed by atoms with E-state index in [0.717, 1.165) is 33.0 Å². The molecule has 0 aliphatic rings. The van der Waals surface area contributed by atoms with E-state index >= 15 is 0 Å². The number of aromatic nitrogens is 4. The van der Waals surface area contributed by atoms with Crippen LogP contribution in [0.5, 0.6) is 0 Å². The first-order valence-electron chi connectivity index (χ1n) is 8.44. The minimum absolute atomic E-state index is 0.238. The molecule has 0 radical (unpaired) electrons. The molecule has 0 spiro atoms. The average Bonchev–Trinajstić information content (AvgIpc) is 3.20. The molecule has 7 nitrogen and oxygen atoms in total. The molecule has 0 fully saturated rings. The van der Waals surface area contributed by atoms with Crippen LogP contribution in [0.1, 0.15) is 26.8 Å². The average molecular weight is 378 g/mol. The van der Waals surface area contributed by atoms with Gasteiger partial charge in [-0.05, 0) is 45.0 Å². The van der Waals surface area contributed by atoms with Crippen molar-refractivity contribution in [2.75, 3.05) is 5.43 Å². The van der Waals surface area contributed by atoms with E-state index in [-0.39, 0.29) is 5.91 Å². The van der Waals surface area contributed by atoms with Gasteiger partial charge in [0.1, 0.15) is 4.83 Å². The number of fused-ring (bicyclic) bond motifs is 1. The summed E-state index contributed by atoms with van der Waals surface area (Å²) in [5.41, 5.74) is 8.96. The van der Waals surface area contributed by atoms with Crippen LogP contribution in [0.15, 0.2) is 42.5 Å². The SMILES string of the molecule is Cc1cc(C)nc(NNC(=O)c2cc3c(C)nn(-c4ccccc4)c3s2)n1. The Bertz CT molecular complexity index is 1110. The highest BCUT2D eigenvalue weighted by molar-refractivity contribution is 7.20.